The van der Waals surface area contributed by atoms with E-state index in [-0.39, 0.29) is 12.0 Å². The van der Waals surface area contributed by atoms with Crippen LogP contribution >= 0.6 is 0 Å². The van der Waals surface area contributed by atoms with E-state index in [0.29, 0.717) is 5.75 Å². The first kappa shape index (κ1) is 14.3. The van der Waals surface area contributed by atoms with E-state index in [2.05, 4.69) is 24.3 Å². The molecule has 5 nitrogen and oxygen atoms in total. The zero-order valence-electron chi connectivity index (χ0n) is 12.3. The molecular weight excluding hydrogens is 242 g/mol. The van der Waals surface area contributed by atoms with Gasteiger partial charge < -0.3 is 15.2 Å². The van der Waals surface area contributed by atoms with Gasteiger partial charge in [0.15, 0.2) is 5.75 Å². The average Bonchev–Trinajstić information content (AvgIpc) is 2.84. The first-order chi connectivity index (χ1) is 8.98. The van der Waals surface area contributed by atoms with Crippen molar-refractivity contribution in [3.63, 3.8) is 0 Å². The minimum Gasteiger partial charge on any atom is -0.493 e. The molecule has 1 aromatic rings. The number of nitrogens with one attached hydrogen (secondary N) is 1. The molecule has 5 heteroatoms. The average molecular weight is 267 g/mol. The van der Waals surface area contributed by atoms with Crippen LogP contribution in [0.2, 0.25) is 0 Å². The summed E-state index contributed by atoms with van der Waals surface area (Å²) in [6.07, 6.45) is 3.81. The van der Waals surface area contributed by atoms with E-state index in [9.17, 15) is 5.11 Å². The Morgan fingerprint density at radius 1 is 1.58 bits per heavy atom. The van der Waals surface area contributed by atoms with Gasteiger partial charge in [-0.15, -0.1) is 0 Å². The van der Waals surface area contributed by atoms with Crippen molar-refractivity contribution in [3.05, 3.63) is 11.9 Å². The molecule has 2 unspecified atom stereocenters. The molecule has 1 saturated heterocycles. The first-order valence-corrected chi connectivity index (χ1v) is 7.03. The molecule has 0 saturated carbocycles. The molecule has 2 rings (SSSR count). The van der Waals surface area contributed by atoms with Gasteiger partial charge in [0.2, 0.25) is 0 Å². The summed E-state index contributed by atoms with van der Waals surface area (Å²) in [4.78, 5) is 0. The van der Waals surface area contributed by atoms with Crippen LogP contribution in [0.3, 0.4) is 0 Å². The Kier molecular flexibility index (Phi) is 4.16. The number of ether oxygens (including phenoxy) is 1. The van der Waals surface area contributed by atoms with E-state index < -0.39 is 5.60 Å². The quantitative estimate of drug-likeness (QED) is 0.871. The highest BCUT2D eigenvalue weighted by atomic mass is 16.5. The van der Waals surface area contributed by atoms with Gasteiger partial charge in [-0.25, -0.2) is 0 Å². The van der Waals surface area contributed by atoms with E-state index in [1.165, 1.54) is 0 Å². The molecular formula is C14H25N3O2. The predicted octanol–water partition coefficient (Wildman–Crippen LogP) is 1.68. The second-order valence-electron chi connectivity index (χ2n) is 5.79. The SMILES string of the molecule is COc1cnn(C(C)C)c1C(C)(O)C1CCCNC1. The van der Waals surface area contributed by atoms with Gasteiger partial charge in [-0.05, 0) is 40.2 Å². The molecule has 1 aliphatic rings. The van der Waals surface area contributed by atoms with Crippen molar-refractivity contribution >= 4 is 0 Å². The van der Waals surface area contributed by atoms with Crippen molar-refractivity contribution in [2.24, 2.45) is 5.92 Å². The maximum atomic E-state index is 11.1. The van der Waals surface area contributed by atoms with Gasteiger partial charge in [0.25, 0.3) is 0 Å². The highest BCUT2D eigenvalue weighted by molar-refractivity contribution is 5.31. The van der Waals surface area contributed by atoms with Crippen LogP contribution < -0.4 is 10.1 Å². The van der Waals surface area contributed by atoms with Crippen LogP contribution in [0.25, 0.3) is 0 Å². The van der Waals surface area contributed by atoms with Crippen molar-refractivity contribution < 1.29 is 9.84 Å². The van der Waals surface area contributed by atoms with Gasteiger partial charge in [-0.1, -0.05) is 0 Å². The summed E-state index contributed by atoms with van der Waals surface area (Å²) in [6, 6.07) is 0.196. The van der Waals surface area contributed by atoms with Crippen molar-refractivity contribution in [3.8, 4) is 5.75 Å². The molecule has 0 amide bonds. The zero-order chi connectivity index (χ0) is 14.0. The van der Waals surface area contributed by atoms with Crippen molar-refractivity contribution in [2.45, 2.75) is 45.3 Å². The lowest BCUT2D eigenvalue weighted by Gasteiger charge is -2.37. The van der Waals surface area contributed by atoms with Gasteiger partial charge in [0, 0.05) is 18.5 Å². The summed E-state index contributed by atoms with van der Waals surface area (Å²) in [5, 5.41) is 18.8. The lowest BCUT2D eigenvalue weighted by atomic mass is 9.81. The van der Waals surface area contributed by atoms with Gasteiger partial charge in [0.05, 0.1) is 13.3 Å². The van der Waals surface area contributed by atoms with Gasteiger partial charge in [-0.3, -0.25) is 4.68 Å². The highest BCUT2D eigenvalue weighted by Gasteiger charge is 2.40. The molecule has 19 heavy (non-hydrogen) atoms. The van der Waals surface area contributed by atoms with E-state index in [1.807, 2.05) is 11.6 Å². The number of aliphatic hydroxyl groups is 1. The van der Waals surface area contributed by atoms with Crippen molar-refractivity contribution in [2.75, 3.05) is 20.2 Å². The predicted molar refractivity (Wildman–Crippen MR) is 74.3 cm³/mol. The molecule has 1 fully saturated rings. The number of methoxy groups -OCH3 is 1. The van der Waals surface area contributed by atoms with Crippen LogP contribution in [0.15, 0.2) is 6.20 Å². The van der Waals surface area contributed by atoms with Crippen LogP contribution in [0.1, 0.15) is 45.3 Å². The Bertz CT molecular complexity index is 420. The number of rotatable bonds is 4. The molecule has 2 atom stereocenters. The third-order valence-electron chi connectivity index (χ3n) is 4.04. The lowest BCUT2D eigenvalue weighted by molar-refractivity contribution is -0.0258. The Hall–Kier alpha value is -1.07. The first-order valence-electron chi connectivity index (χ1n) is 7.03. The molecule has 2 heterocycles. The third-order valence-corrected chi connectivity index (χ3v) is 4.04. The fraction of sp³-hybridized carbons (Fsp3) is 0.786. The fourth-order valence-corrected chi connectivity index (χ4v) is 2.89. The molecule has 0 spiro atoms. The summed E-state index contributed by atoms with van der Waals surface area (Å²) in [5.41, 5.74) is -0.141. The number of piperidine rings is 1. The zero-order valence-corrected chi connectivity index (χ0v) is 12.3. The summed E-state index contributed by atoms with van der Waals surface area (Å²) in [5.74, 6) is 0.855. The van der Waals surface area contributed by atoms with Gasteiger partial charge in [-0.2, -0.15) is 5.10 Å². The van der Waals surface area contributed by atoms with Crippen LogP contribution in [0.5, 0.6) is 5.75 Å². The Balaban J connectivity index is 2.39. The number of hydrogen-bond acceptors (Lipinski definition) is 4. The molecule has 0 radical (unpaired) electrons. The van der Waals surface area contributed by atoms with E-state index in [1.54, 1.807) is 13.3 Å². The molecule has 1 aliphatic heterocycles. The molecule has 2 N–H and O–H groups in total. The Morgan fingerprint density at radius 2 is 2.32 bits per heavy atom. The lowest BCUT2D eigenvalue weighted by Crippen LogP contribution is -2.43. The molecule has 0 aliphatic carbocycles. The number of nitrogens with zero attached hydrogens (tertiary/aromatic N) is 2. The van der Waals surface area contributed by atoms with Gasteiger partial charge >= 0.3 is 0 Å². The maximum Gasteiger partial charge on any atom is 0.162 e. The Labute approximate surface area is 115 Å². The molecule has 0 bridgehead atoms. The summed E-state index contributed by atoms with van der Waals surface area (Å²) < 4.78 is 7.26. The van der Waals surface area contributed by atoms with Crippen LogP contribution in [0.4, 0.5) is 0 Å². The minimum absolute atomic E-state index is 0.185. The van der Waals surface area contributed by atoms with Gasteiger partial charge in [0.1, 0.15) is 11.3 Å². The smallest absolute Gasteiger partial charge is 0.162 e. The molecule has 108 valence electrons. The third kappa shape index (κ3) is 2.62. The summed E-state index contributed by atoms with van der Waals surface area (Å²) >= 11 is 0. The number of aromatic nitrogens is 2. The van der Waals surface area contributed by atoms with Crippen molar-refractivity contribution in [1.82, 2.24) is 15.1 Å². The molecule has 0 aromatic carbocycles. The maximum absolute atomic E-state index is 11.1. The van der Waals surface area contributed by atoms with Crippen LogP contribution in [-0.2, 0) is 5.60 Å². The standard InChI is InChI=1S/C14H25N3O2/c1-10(2)17-13(12(19-4)9-16-17)14(3,18)11-6-5-7-15-8-11/h9-11,15,18H,5-8H2,1-4H3. The second kappa shape index (κ2) is 5.51. The normalized spacial score (nSPS) is 23.4. The van der Waals surface area contributed by atoms with Crippen LogP contribution in [-0.4, -0.2) is 35.1 Å². The summed E-state index contributed by atoms with van der Waals surface area (Å²) in [7, 11) is 1.63. The van der Waals surface area contributed by atoms with E-state index in [4.69, 9.17) is 4.74 Å². The minimum atomic E-state index is -0.931. The highest BCUT2D eigenvalue weighted by Crippen LogP contribution is 2.39. The largest absolute Gasteiger partial charge is 0.493 e. The van der Waals surface area contributed by atoms with Crippen molar-refractivity contribution in [1.29, 1.82) is 0 Å². The Morgan fingerprint density at radius 3 is 2.84 bits per heavy atom. The fourth-order valence-electron chi connectivity index (χ4n) is 2.89. The van der Waals surface area contributed by atoms with E-state index >= 15 is 0 Å². The van der Waals surface area contributed by atoms with Crippen LogP contribution in [0, 0.1) is 5.92 Å². The second-order valence-corrected chi connectivity index (χ2v) is 5.79. The topological polar surface area (TPSA) is 59.3 Å². The summed E-state index contributed by atoms with van der Waals surface area (Å²) in [6.45, 7) is 7.87. The number of hydrogen-bond donors (Lipinski definition) is 2. The monoisotopic (exact) mass is 267 g/mol. The molecule has 1 aromatic heterocycles. The van der Waals surface area contributed by atoms with E-state index in [0.717, 1.165) is 31.6 Å².